The van der Waals surface area contributed by atoms with E-state index in [-0.39, 0.29) is 36.6 Å². The minimum atomic E-state index is -4.42. The molecule has 5 N–H and O–H groups in total. The largest absolute Gasteiger partial charge is 0.469 e. The molecule has 1 aliphatic rings. The van der Waals surface area contributed by atoms with Gasteiger partial charge in [-0.05, 0) is 49.6 Å². The number of aliphatic hydroxyl groups excluding tert-OH is 1. The number of nitrogens with two attached hydrogens (primary N) is 1. The van der Waals surface area contributed by atoms with Crippen molar-refractivity contribution < 1.29 is 37.4 Å². The second kappa shape index (κ2) is 14.8. The van der Waals surface area contributed by atoms with Crippen molar-refractivity contribution in [1.82, 2.24) is 15.5 Å². The van der Waals surface area contributed by atoms with Gasteiger partial charge in [-0.25, -0.2) is 0 Å². The summed E-state index contributed by atoms with van der Waals surface area (Å²) in [4.78, 5) is 40.7. The normalized spacial score (nSPS) is 15.3. The van der Waals surface area contributed by atoms with Crippen LogP contribution < -0.4 is 21.1 Å². The highest BCUT2D eigenvalue weighted by Gasteiger charge is 2.42. The first kappa shape index (κ1) is 35.8. The number of thiophene rings is 1. The molecule has 0 bridgehead atoms. The molecule has 0 aliphatic carbocycles. The molecule has 2 aromatic carbocycles. The van der Waals surface area contributed by atoms with Gasteiger partial charge in [0.25, 0.3) is 5.91 Å². The van der Waals surface area contributed by atoms with E-state index < -0.39 is 55.2 Å². The number of primary amides is 1. The molecule has 1 saturated heterocycles. The number of hydrogen-bond acceptors (Lipinski definition) is 7. The molecular formula is C30H30Cl3F3N4O5S. The van der Waals surface area contributed by atoms with E-state index in [9.17, 15) is 32.7 Å². The number of benzene rings is 2. The highest BCUT2D eigenvalue weighted by Crippen LogP contribution is 2.51. The predicted octanol–water partition coefficient (Wildman–Crippen LogP) is 5.88. The summed E-state index contributed by atoms with van der Waals surface area (Å²) in [5.41, 5.74) is 5.81. The maximum Gasteiger partial charge on any atom is 0.390 e. The lowest BCUT2D eigenvalue weighted by Gasteiger charge is -2.40. The zero-order chi connectivity index (χ0) is 33.8. The zero-order valence-electron chi connectivity index (χ0n) is 24.3. The van der Waals surface area contributed by atoms with Crippen molar-refractivity contribution in [3.8, 4) is 27.3 Å². The number of carbonyl (C=O) groups excluding carboxylic acids is 3. The van der Waals surface area contributed by atoms with Crippen LogP contribution in [0.1, 0.15) is 35.9 Å². The lowest BCUT2D eigenvalue weighted by atomic mass is 9.86. The first-order valence-electron chi connectivity index (χ1n) is 14.0. The van der Waals surface area contributed by atoms with Gasteiger partial charge in [-0.2, -0.15) is 13.2 Å². The Morgan fingerprint density at radius 3 is 2.28 bits per heavy atom. The molecule has 0 spiro atoms. The molecule has 16 heteroatoms. The van der Waals surface area contributed by atoms with Crippen LogP contribution in [0.25, 0.3) is 21.6 Å². The van der Waals surface area contributed by atoms with Crippen LogP contribution in [0, 0.1) is 0 Å². The molecule has 46 heavy (non-hydrogen) atoms. The quantitative estimate of drug-likeness (QED) is 0.183. The summed E-state index contributed by atoms with van der Waals surface area (Å²) in [5, 5.41) is 15.6. The summed E-state index contributed by atoms with van der Waals surface area (Å²) in [7, 11) is 0. The van der Waals surface area contributed by atoms with Gasteiger partial charge in [-0.15, -0.1) is 11.3 Å². The van der Waals surface area contributed by atoms with Crippen LogP contribution in [0.15, 0.2) is 42.5 Å². The Morgan fingerprint density at radius 2 is 1.72 bits per heavy atom. The van der Waals surface area contributed by atoms with Gasteiger partial charge in [0.05, 0.1) is 11.4 Å². The van der Waals surface area contributed by atoms with Crippen LogP contribution in [0.5, 0.6) is 5.75 Å². The van der Waals surface area contributed by atoms with E-state index in [0.717, 1.165) is 11.3 Å². The summed E-state index contributed by atoms with van der Waals surface area (Å²) in [6.07, 6.45) is -6.60. The zero-order valence-corrected chi connectivity index (χ0v) is 27.4. The SMILES string of the molecule is CC(NC(=O)CO)Oc1c(C(=O)N2CCC(NCCC(F)(F)F)(C(N)=O)CC2)sc(-c2ccc(Cl)cc2Cl)c1-c1ccc(Cl)cc1. The van der Waals surface area contributed by atoms with Gasteiger partial charge in [-0.1, -0.05) is 53.0 Å². The van der Waals surface area contributed by atoms with Crippen molar-refractivity contribution in [2.45, 2.75) is 44.1 Å². The highest BCUT2D eigenvalue weighted by molar-refractivity contribution is 7.18. The number of rotatable bonds is 11. The maximum absolute atomic E-state index is 14.2. The van der Waals surface area contributed by atoms with Crippen LogP contribution in [0.2, 0.25) is 15.1 Å². The molecule has 9 nitrogen and oxygen atoms in total. The third-order valence-electron chi connectivity index (χ3n) is 7.42. The predicted molar refractivity (Wildman–Crippen MR) is 171 cm³/mol. The average molecular weight is 722 g/mol. The van der Waals surface area contributed by atoms with Gasteiger partial charge < -0.3 is 31.1 Å². The van der Waals surface area contributed by atoms with E-state index in [2.05, 4.69) is 10.6 Å². The molecule has 1 aromatic heterocycles. The van der Waals surface area contributed by atoms with Crippen LogP contribution >= 0.6 is 46.1 Å². The Labute approximate surface area is 281 Å². The molecule has 1 atom stereocenters. The van der Waals surface area contributed by atoms with Crippen LogP contribution in [0.3, 0.4) is 0 Å². The molecule has 1 unspecified atom stereocenters. The van der Waals surface area contributed by atoms with Gasteiger partial charge in [0.2, 0.25) is 11.8 Å². The van der Waals surface area contributed by atoms with Crippen molar-refractivity contribution in [2.24, 2.45) is 5.73 Å². The first-order valence-corrected chi connectivity index (χ1v) is 15.9. The van der Waals surface area contributed by atoms with Gasteiger partial charge >= 0.3 is 6.18 Å². The minimum Gasteiger partial charge on any atom is -0.469 e. The second-order valence-electron chi connectivity index (χ2n) is 10.6. The molecular weight excluding hydrogens is 692 g/mol. The highest BCUT2D eigenvalue weighted by atomic mass is 35.5. The van der Waals surface area contributed by atoms with E-state index in [4.69, 9.17) is 45.3 Å². The number of hydrogen-bond donors (Lipinski definition) is 4. The van der Waals surface area contributed by atoms with Crippen LogP contribution in [-0.4, -0.2) is 71.9 Å². The fraction of sp³-hybridized carbons (Fsp3) is 0.367. The molecule has 0 saturated carbocycles. The molecule has 3 amide bonds. The molecule has 248 valence electrons. The van der Waals surface area contributed by atoms with E-state index in [1.54, 1.807) is 42.5 Å². The standard InChI is InChI=1S/C30H30Cl3F3N4O5S/c1-16(39-22(42)15-41)45-24-23(17-2-4-18(31)5-3-17)25(20-7-6-19(32)14-21(20)33)46-26(24)27(43)40-12-9-29(10-13-40,28(37)44)38-11-8-30(34,35)36/h2-7,14,16,38,41H,8-13,15H2,1H3,(H2,37,44)(H,39,42). The van der Waals surface area contributed by atoms with Gasteiger partial charge in [0.15, 0.2) is 12.0 Å². The number of carbonyl (C=O) groups is 3. The minimum absolute atomic E-state index is 0.00223. The summed E-state index contributed by atoms with van der Waals surface area (Å²) in [6.45, 7) is 0.237. The molecule has 0 radical (unpaired) electrons. The fourth-order valence-corrected chi connectivity index (χ4v) is 7.03. The number of piperidine rings is 1. The number of amides is 3. The first-order chi connectivity index (χ1) is 21.6. The fourth-order valence-electron chi connectivity index (χ4n) is 5.08. The monoisotopic (exact) mass is 720 g/mol. The number of nitrogens with one attached hydrogen (secondary N) is 2. The molecule has 4 rings (SSSR count). The van der Waals surface area contributed by atoms with Crippen molar-refractivity contribution in [3.63, 3.8) is 0 Å². The van der Waals surface area contributed by atoms with Crippen LogP contribution in [0.4, 0.5) is 13.2 Å². The molecule has 1 aliphatic heterocycles. The van der Waals surface area contributed by atoms with E-state index in [1.807, 2.05) is 0 Å². The Hall–Kier alpha value is -3.07. The van der Waals surface area contributed by atoms with E-state index in [0.29, 0.717) is 36.6 Å². The topological polar surface area (TPSA) is 134 Å². The third-order valence-corrected chi connectivity index (χ3v) is 9.41. The summed E-state index contributed by atoms with van der Waals surface area (Å²) >= 11 is 20.0. The Morgan fingerprint density at radius 1 is 1.09 bits per heavy atom. The van der Waals surface area contributed by atoms with E-state index >= 15 is 0 Å². The lowest BCUT2D eigenvalue weighted by Crippen LogP contribution is -2.61. The van der Waals surface area contributed by atoms with Gasteiger partial charge in [0, 0.05) is 45.7 Å². The maximum atomic E-state index is 14.2. The lowest BCUT2D eigenvalue weighted by molar-refractivity contribution is -0.137. The van der Waals surface area contributed by atoms with Crippen LogP contribution in [-0.2, 0) is 9.59 Å². The number of halogens is 6. The summed E-state index contributed by atoms with van der Waals surface area (Å²) < 4.78 is 44.5. The van der Waals surface area contributed by atoms with Crippen molar-refractivity contribution in [3.05, 3.63) is 62.4 Å². The number of ether oxygens (including phenoxy) is 1. The molecule has 1 fully saturated rings. The van der Waals surface area contributed by atoms with Crippen molar-refractivity contribution in [1.29, 1.82) is 0 Å². The van der Waals surface area contributed by atoms with Crippen molar-refractivity contribution >= 4 is 63.9 Å². The Kier molecular flexibility index (Phi) is 11.5. The average Bonchev–Trinajstić information content (AvgIpc) is 3.34. The molecule has 2 heterocycles. The van der Waals surface area contributed by atoms with Crippen molar-refractivity contribution in [2.75, 3.05) is 26.2 Å². The molecule has 3 aromatic rings. The number of alkyl halides is 3. The Bertz CT molecular complexity index is 1600. The summed E-state index contributed by atoms with van der Waals surface area (Å²) in [6, 6.07) is 11.7. The smallest absolute Gasteiger partial charge is 0.390 e. The second-order valence-corrected chi connectivity index (χ2v) is 12.9. The van der Waals surface area contributed by atoms with Gasteiger partial charge in [0.1, 0.15) is 17.0 Å². The summed E-state index contributed by atoms with van der Waals surface area (Å²) in [5.74, 6) is -1.89. The number of likely N-dealkylation sites (tertiary alicyclic amines) is 1. The Balaban J connectivity index is 1.77. The number of nitrogens with zero attached hydrogens (tertiary/aromatic N) is 1. The third kappa shape index (κ3) is 8.44. The van der Waals surface area contributed by atoms with E-state index in [1.165, 1.54) is 11.8 Å². The number of aliphatic hydroxyl groups is 1. The van der Waals surface area contributed by atoms with Gasteiger partial charge in [-0.3, -0.25) is 14.4 Å².